The molecule has 1 nitrogen and oxygen atoms in total. The Labute approximate surface area is 435 Å². The van der Waals surface area contributed by atoms with Crippen molar-refractivity contribution >= 4 is 0 Å². The Kier molecular flexibility index (Phi) is 11.9. The van der Waals surface area contributed by atoms with E-state index in [1.54, 1.807) is 55.9 Å². The molecule has 11 unspecified atom stereocenters. The van der Waals surface area contributed by atoms with Crippen LogP contribution in [0.3, 0.4) is 0 Å². The fraction of sp³-hybridized carbons (Fsp3) is 0.549. The van der Waals surface area contributed by atoms with Crippen LogP contribution < -0.4 is 0 Å². The first-order chi connectivity index (χ1) is 35.5. The fourth-order valence-corrected chi connectivity index (χ4v) is 19.6. The predicted molar refractivity (Wildman–Crippen MR) is 301 cm³/mol. The van der Waals surface area contributed by atoms with Gasteiger partial charge in [-0.1, -0.05) is 146 Å². The zero-order valence-corrected chi connectivity index (χ0v) is 44.4. The Bertz CT molecular complexity index is 2770. The molecule has 0 N–H and O–H groups in total. The minimum Gasteiger partial charge on any atom is -0.361 e. The summed E-state index contributed by atoms with van der Waals surface area (Å²) in [5, 5.41) is 0. The number of fused-ring (bicyclic) bond motifs is 7. The second kappa shape index (κ2) is 18.5. The zero-order valence-electron chi connectivity index (χ0n) is 44.4. The van der Waals surface area contributed by atoms with Gasteiger partial charge in [0.25, 0.3) is 0 Å². The van der Waals surface area contributed by atoms with Gasteiger partial charge in [0, 0.05) is 28.4 Å². The average molecular weight is 952 g/mol. The molecule has 0 radical (unpaired) electrons. The van der Waals surface area contributed by atoms with Gasteiger partial charge in [-0.25, -0.2) is 0 Å². The Hall–Kier alpha value is -4.36. The van der Waals surface area contributed by atoms with E-state index in [1.807, 2.05) is 11.1 Å². The van der Waals surface area contributed by atoms with E-state index < -0.39 is 0 Å². The van der Waals surface area contributed by atoms with E-state index in [1.165, 1.54) is 141 Å². The van der Waals surface area contributed by atoms with E-state index in [9.17, 15) is 0 Å². The van der Waals surface area contributed by atoms with Gasteiger partial charge in [-0.15, -0.1) is 0 Å². The highest BCUT2D eigenvalue weighted by molar-refractivity contribution is 5.72. The topological polar surface area (TPSA) is 3.24 Å². The molecule has 0 aliphatic heterocycles. The summed E-state index contributed by atoms with van der Waals surface area (Å²) in [5.74, 6) is 4.14. The lowest BCUT2D eigenvalue weighted by Crippen LogP contribution is -2.50. The highest BCUT2D eigenvalue weighted by Gasteiger charge is 2.60. The lowest BCUT2D eigenvalue weighted by Gasteiger charge is -2.52. The SMILES string of the molecule is CC1(C)C2=CCCCC2C2C=C(C3C=CC=CC3)C(N(C3=CC=C4C5=C(C=CCC5)C(C5=CCCCC5)(C5C=CCCC5)C4C3)C3C=C4C(=CC3)C3=C(CCC=C3)C4(C3=CCCCC3)C3CC=CCC3)CC21. The minimum atomic E-state index is 0.0228. The first-order valence-corrected chi connectivity index (χ1v) is 30.4. The molecule has 1 fully saturated rings. The van der Waals surface area contributed by atoms with Gasteiger partial charge in [0.1, 0.15) is 0 Å². The third-order valence-corrected chi connectivity index (χ3v) is 22.4. The second-order valence-corrected chi connectivity index (χ2v) is 25.9. The average Bonchev–Trinajstić information content (AvgIpc) is 4.00. The van der Waals surface area contributed by atoms with Crippen molar-refractivity contribution in [1.82, 2.24) is 4.90 Å². The molecule has 0 aromatic carbocycles. The van der Waals surface area contributed by atoms with Crippen molar-refractivity contribution in [3.63, 3.8) is 0 Å². The third kappa shape index (κ3) is 6.95. The van der Waals surface area contributed by atoms with Gasteiger partial charge < -0.3 is 4.90 Å². The minimum absolute atomic E-state index is 0.0228. The van der Waals surface area contributed by atoms with Gasteiger partial charge in [0.15, 0.2) is 0 Å². The van der Waals surface area contributed by atoms with Crippen molar-refractivity contribution in [2.24, 2.45) is 57.7 Å². The Morgan fingerprint density at radius 2 is 1.49 bits per heavy atom. The maximum Gasteiger partial charge on any atom is 0.0517 e. The van der Waals surface area contributed by atoms with E-state index in [-0.39, 0.29) is 16.2 Å². The van der Waals surface area contributed by atoms with Gasteiger partial charge in [-0.3, -0.25) is 0 Å². The Morgan fingerprint density at radius 3 is 2.29 bits per heavy atom. The van der Waals surface area contributed by atoms with Crippen LogP contribution in [0, 0.1) is 57.7 Å². The predicted octanol–water partition coefficient (Wildman–Crippen LogP) is 18.6. The Morgan fingerprint density at radius 1 is 0.639 bits per heavy atom. The molecule has 0 aromatic rings. The molecular formula is C71H85N. The summed E-state index contributed by atoms with van der Waals surface area (Å²) >= 11 is 0. The molecule has 1 saturated carbocycles. The molecule has 374 valence electrons. The van der Waals surface area contributed by atoms with Crippen molar-refractivity contribution in [1.29, 1.82) is 0 Å². The van der Waals surface area contributed by atoms with Crippen molar-refractivity contribution in [2.45, 2.75) is 186 Å². The second-order valence-electron chi connectivity index (χ2n) is 25.9. The fourth-order valence-electron chi connectivity index (χ4n) is 19.6. The largest absolute Gasteiger partial charge is 0.361 e. The van der Waals surface area contributed by atoms with Gasteiger partial charge in [0.2, 0.25) is 0 Å². The van der Waals surface area contributed by atoms with Crippen molar-refractivity contribution < 1.29 is 0 Å². The van der Waals surface area contributed by atoms with Gasteiger partial charge in [-0.05, 0) is 246 Å². The molecule has 0 bridgehead atoms. The molecule has 11 atom stereocenters. The number of nitrogens with zero attached hydrogens (tertiary/aromatic N) is 1. The highest BCUT2D eigenvalue weighted by atomic mass is 15.2. The summed E-state index contributed by atoms with van der Waals surface area (Å²) in [5.41, 5.74) is 21.1. The number of hydrogen-bond acceptors (Lipinski definition) is 1. The van der Waals surface area contributed by atoms with E-state index in [2.05, 4.69) is 140 Å². The third-order valence-electron chi connectivity index (χ3n) is 22.4. The molecule has 72 heavy (non-hydrogen) atoms. The summed E-state index contributed by atoms with van der Waals surface area (Å²) in [6.45, 7) is 5.36. The van der Waals surface area contributed by atoms with Crippen LogP contribution in [0.5, 0.6) is 0 Å². The first kappa shape index (κ1) is 46.2. The lowest BCUT2D eigenvalue weighted by molar-refractivity contribution is 0.122. The first-order valence-electron chi connectivity index (χ1n) is 30.4. The van der Waals surface area contributed by atoms with E-state index in [4.69, 9.17) is 0 Å². The van der Waals surface area contributed by atoms with Crippen LogP contribution in [-0.2, 0) is 0 Å². The summed E-state index contributed by atoms with van der Waals surface area (Å²) in [6, 6.07) is 0.663. The molecule has 0 amide bonds. The molecular weight excluding hydrogens is 867 g/mol. The molecule has 14 rings (SSSR count). The molecule has 0 heterocycles. The highest BCUT2D eigenvalue weighted by Crippen LogP contribution is 2.69. The molecule has 0 saturated heterocycles. The smallest absolute Gasteiger partial charge is 0.0517 e. The monoisotopic (exact) mass is 952 g/mol. The molecule has 1 heteroatoms. The van der Waals surface area contributed by atoms with Gasteiger partial charge >= 0.3 is 0 Å². The molecule has 0 spiro atoms. The number of rotatable bonds is 8. The van der Waals surface area contributed by atoms with Crippen LogP contribution in [0.1, 0.15) is 174 Å². The van der Waals surface area contributed by atoms with E-state index >= 15 is 0 Å². The number of hydrogen-bond donors (Lipinski definition) is 0. The molecule has 14 aliphatic carbocycles. The van der Waals surface area contributed by atoms with E-state index in [0.29, 0.717) is 53.5 Å². The van der Waals surface area contributed by atoms with Crippen LogP contribution in [0.25, 0.3) is 0 Å². The van der Waals surface area contributed by atoms with Crippen molar-refractivity contribution in [3.8, 4) is 0 Å². The molecule has 0 aromatic heterocycles. The zero-order chi connectivity index (χ0) is 48.0. The van der Waals surface area contributed by atoms with Crippen LogP contribution in [0.4, 0.5) is 0 Å². The van der Waals surface area contributed by atoms with Crippen LogP contribution in [0.2, 0.25) is 0 Å². The number of allylic oxidation sites excluding steroid dienone is 29. The van der Waals surface area contributed by atoms with Crippen LogP contribution >= 0.6 is 0 Å². The van der Waals surface area contributed by atoms with Crippen molar-refractivity contribution in [3.05, 3.63) is 189 Å². The van der Waals surface area contributed by atoms with Gasteiger partial charge in [0.05, 0.1) is 12.1 Å². The normalized spacial score (nSPS) is 39.3. The Balaban J connectivity index is 0.974. The maximum absolute atomic E-state index is 3.23. The lowest BCUT2D eigenvalue weighted by atomic mass is 9.55. The van der Waals surface area contributed by atoms with Crippen LogP contribution in [0.15, 0.2) is 189 Å². The summed E-state index contributed by atoms with van der Waals surface area (Å²) in [4.78, 5) is 3.23. The standard InChI is InChI=1S/C71H85N/c1-69(2)62-37-21-18-36-57(62)61-46-60(48-24-8-3-9-25-48)68(47-65(61)69)72(53-40-42-58-55-34-19-22-38-63(55)70(66(58)44-53,49-26-10-4-11-27-49)50-28-12-5-13-29-50)54-41-43-59-56-35-20-23-39-64(56)71(67(59)45-54,51-30-14-6-15-31-51)52-32-16-7-17-33-52/h3-4,8-10,14,19,23-24,28,30,32,34,37,39,41-44,46,48-49,51,53,57,61,65,67-68H,5-7,11-13,15-18,20-22,25-27,29,31,33,35-36,38,40,45,47H2,1-2H3. The quantitative estimate of drug-likeness (QED) is 0.219. The summed E-state index contributed by atoms with van der Waals surface area (Å²) in [7, 11) is 0. The molecule has 14 aliphatic rings. The van der Waals surface area contributed by atoms with E-state index in [0.717, 1.165) is 19.3 Å². The van der Waals surface area contributed by atoms with Crippen LogP contribution in [-0.4, -0.2) is 17.0 Å². The maximum atomic E-state index is 3.23. The van der Waals surface area contributed by atoms with Gasteiger partial charge in [-0.2, -0.15) is 0 Å². The summed E-state index contributed by atoms with van der Waals surface area (Å²) in [6.07, 6.45) is 84.8. The summed E-state index contributed by atoms with van der Waals surface area (Å²) < 4.78 is 0. The van der Waals surface area contributed by atoms with Crippen molar-refractivity contribution in [2.75, 3.05) is 0 Å².